The highest BCUT2D eigenvalue weighted by Crippen LogP contribution is 2.57. The Balaban J connectivity index is 1.50. The first-order valence-electron chi connectivity index (χ1n) is 7.25. The predicted octanol–water partition coefficient (Wildman–Crippen LogP) is 2.23. The summed E-state index contributed by atoms with van der Waals surface area (Å²) in [7, 11) is 0. The molecule has 3 nitrogen and oxygen atoms in total. The number of hydrogen-bond acceptors (Lipinski definition) is 3. The van der Waals surface area contributed by atoms with E-state index in [9.17, 15) is 5.11 Å². The third kappa shape index (κ3) is 2.20. The van der Waals surface area contributed by atoms with Gasteiger partial charge in [0.2, 0.25) is 0 Å². The lowest BCUT2D eigenvalue weighted by molar-refractivity contribution is -0.225. The molecule has 2 saturated carbocycles. The largest absolute Gasteiger partial charge is 0.389 e. The van der Waals surface area contributed by atoms with Crippen molar-refractivity contribution in [2.24, 2.45) is 11.1 Å². The summed E-state index contributed by atoms with van der Waals surface area (Å²) in [6.45, 7) is 1.24. The molecule has 0 amide bonds. The fraction of sp³-hybridized carbons (Fsp3) is 0.625. The van der Waals surface area contributed by atoms with Gasteiger partial charge in [0.1, 0.15) is 0 Å². The van der Waals surface area contributed by atoms with E-state index >= 15 is 0 Å². The van der Waals surface area contributed by atoms with E-state index in [1.54, 1.807) is 0 Å². The molecule has 3 N–H and O–H groups in total. The molecule has 3 heteroatoms. The van der Waals surface area contributed by atoms with Crippen molar-refractivity contribution in [1.82, 2.24) is 0 Å². The van der Waals surface area contributed by atoms with Crippen LogP contribution < -0.4 is 5.73 Å². The highest BCUT2D eigenvalue weighted by atomic mass is 16.5. The SMILES string of the molecule is NCC1(C2(O)CC(OCc3ccccc3)C2)CCC1. The van der Waals surface area contributed by atoms with Gasteiger partial charge in [0.25, 0.3) is 0 Å². The molecule has 0 aromatic heterocycles. The normalized spacial score (nSPS) is 32.4. The summed E-state index contributed by atoms with van der Waals surface area (Å²) in [5.41, 5.74) is 6.48. The second kappa shape index (κ2) is 4.89. The quantitative estimate of drug-likeness (QED) is 0.854. The van der Waals surface area contributed by atoms with Gasteiger partial charge in [-0.05, 0) is 18.4 Å². The summed E-state index contributed by atoms with van der Waals surface area (Å²) in [5, 5.41) is 10.7. The minimum atomic E-state index is -0.568. The molecule has 104 valence electrons. The molecule has 3 rings (SSSR count). The maximum Gasteiger partial charge on any atom is 0.0765 e. The van der Waals surface area contributed by atoms with E-state index in [2.05, 4.69) is 12.1 Å². The second-order valence-electron chi connectivity index (χ2n) is 6.20. The summed E-state index contributed by atoms with van der Waals surface area (Å²) in [5.74, 6) is 0. The molecular weight excluding hydrogens is 238 g/mol. The molecule has 19 heavy (non-hydrogen) atoms. The molecule has 2 aliphatic carbocycles. The molecule has 1 aromatic rings. The fourth-order valence-electron chi connectivity index (χ4n) is 3.50. The Kier molecular flexibility index (Phi) is 3.37. The van der Waals surface area contributed by atoms with E-state index in [0.717, 1.165) is 25.7 Å². The summed E-state index contributed by atoms with van der Waals surface area (Å²) < 4.78 is 5.87. The molecule has 2 fully saturated rings. The van der Waals surface area contributed by atoms with E-state index in [1.165, 1.54) is 12.0 Å². The third-order valence-electron chi connectivity index (χ3n) is 5.15. The van der Waals surface area contributed by atoms with Gasteiger partial charge < -0.3 is 15.6 Å². The van der Waals surface area contributed by atoms with Gasteiger partial charge in [0, 0.05) is 24.8 Å². The monoisotopic (exact) mass is 261 g/mol. The van der Waals surface area contributed by atoms with Crippen LogP contribution in [0.3, 0.4) is 0 Å². The van der Waals surface area contributed by atoms with Gasteiger partial charge in [0.05, 0.1) is 18.3 Å². The topological polar surface area (TPSA) is 55.5 Å². The van der Waals surface area contributed by atoms with Crippen molar-refractivity contribution in [3.05, 3.63) is 35.9 Å². The highest BCUT2D eigenvalue weighted by molar-refractivity contribution is 5.15. The fourth-order valence-corrected chi connectivity index (χ4v) is 3.50. The minimum absolute atomic E-state index is 0.0143. The van der Waals surface area contributed by atoms with Gasteiger partial charge >= 0.3 is 0 Å². The van der Waals surface area contributed by atoms with Gasteiger partial charge in [-0.3, -0.25) is 0 Å². The van der Waals surface area contributed by atoms with E-state index in [1.807, 2.05) is 18.2 Å². The zero-order valence-electron chi connectivity index (χ0n) is 11.3. The Morgan fingerprint density at radius 2 is 1.89 bits per heavy atom. The predicted molar refractivity (Wildman–Crippen MR) is 74.5 cm³/mol. The first-order chi connectivity index (χ1) is 9.17. The van der Waals surface area contributed by atoms with Crippen LogP contribution in [0.5, 0.6) is 0 Å². The van der Waals surface area contributed by atoms with Crippen LogP contribution in [0.15, 0.2) is 30.3 Å². The van der Waals surface area contributed by atoms with Crippen molar-refractivity contribution in [1.29, 1.82) is 0 Å². The first-order valence-corrected chi connectivity index (χ1v) is 7.25. The molecule has 0 bridgehead atoms. The second-order valence-corrected chi connectivity index (χ2v) is 6.20. The van der Waals surface area contributed by atoms with Crippen molar-refractivity contribution < 1.29 is 9.84 Å². The van der Waals surface area contributed by atoms with Crippen LogP contribution in [-0.2, 0) is 11.3 Å². The molecule has 2 aliphatic rings. The third-order valence-corrected chi connectivity index (χ3v) is 5.15. The minimum Gasteiger partial charge on any atom is -0.389 e. The number of ether oxygens (including phenoxy) is 1. The van der Waals surface area contributed by atoms with Gasteiger partial charge in [-0.1, -0.05) is 36.8 Å². The van der Waals surface area contributed by atoms with Crippen molar-refractivity contribution in [3.8, 4) is 0 Å². The van der Waals surface area contributed by atoms with Crippen LogP contribution in [-0.4, -0.2) is 23.4 Å². The van der Waals surface area contributed by atoms with Crippen LogP contribution >= 0.6 is 0 Å². The van der Waals surface area contributed by atoms with Gasteiger partial charge in [0.15, 0.2) is 0 Å². The summed E-state index contributed by atoms with van der Waals surface area (Å²) >= 11 is 0. The number of aliphatic hydroxyl groups is 1. The maximum atomic E-state index is 10.7. The molecule has 0 atom stereocenters. The van der Waals surface area contributed by atoms with E-state index in [0.29, 0.717) is 13.2 Å². The Morgan fingerprint density at radius 1 is 1.21 bits per heavy atom. The Labute approximate surface area is 114 Å². The maximum absolute atomic E-state index is 10.7. The van der Waals surface area contributed by atoms with Gasteiger partial charge in [-0.25, -0.2) is 0 Å². The average molecular weight is 261 g/mol. The number of hydrogen-bond donors (Lipinski definition) is 2. The lowest BCUT2D eigenvalue weighted by Gasteiger charge is -2.59. The zero-order chi connectivity index (χ0) is 13.3. The molecule has 0 spiro atoms. The average Bonchev–Trinajstić information content (AvgIpc) is 2.34. The molecule has 0 unspecified atom stereocenters. The Bertz CT molecular complexity index is 416. The number of nitrogens with two attached hydrogens (primary N) is 1. The molecular formula is C16H23NO2. The van der Waals surface area contributed by atoms with E-state index in [4.69, 9.17) is 10.5 Å². The van der Waals surface area contributed by atoms with Gasteiger partial charge in [-0.2, -0.15) is 0 Å². The first kappa shape index (κ1) is 13.1. The summed E-state index contributed by atoms with van der Waals surface area (Å²) in [4.78, 5) is 0. The zero-order valence-corrected chi connectivity index (χ0v) is 11.3. The van der Waals surface area contributed by atoms with Crippen molar-refractivity contribution in [3.63, 3.8) is 0 Å². The lowest BCUT2D eigenvalue weighted by Crippen LogP contribution is -2.64. The molecule has 1 aromatic carbocycles. The smallest absolute Gasteiger partial charge is 0.0765 e. The van der Waals surface area contributed by atoms with Crippen LogP contribution in [0.25, 0.3) is 0 Å². The van der Waals surface area contributed by atoms with Crippen LogP contribution in [0.4, 0.5) is 0 Å². The molecule has 0 saturated heterocycles. The van der Waals surface area contributed by atoms with Gasteiger partial charge in [-0.15, -0.1) is 0 Å². The van der Waals surface area contributed by atoms with Crippen LogP contribution in [0.2, 0.25) is 0 Å². The van der Waals surface area contributed by atoms with Crippen molar-refractivity contribution in [2.45, 2.75) is 50.4 Å². The highest BCUT2D eigenvalue weighted by Gasteiger charge is 2.59. The van der Waals surface area contributed by atoms with Crippen LogP contribution in [0.1, 0.15) is 37.7 Å². The lowest BCUT2D eigenvalue weighted by atomic mass is 9.51. The van der Waals surface area contributed by atoms with E-state index in [-0.39, 0.29) is 11.5 Å². The summed E-state index contributed by atoms with van der Waals surface area (Å²) in [6, 6.07) is 10.2. The Hall–Kier alpha value is -0.900. The van der Waals surface area contributed by atoms with E-state index < -0.39 is 5.60 Å². The Morgan fingerprint density at radius 3 is 2.42 bits per heavy atom. The molecule has 0 radical (unpaired) electrons. The number of benzene rings is 1. The van der Waals surface area contributed by atoms with Crippen molar-refractivity contribution >= 4 is 0 Å². The summed E-state index contributed by atoms with van der Waals surface area (Å²) in [6.07, 6.45) is 5.04. The van der Waals surface area contributed by atoms with Crippen LogP contribution in [0, 0.1) is 5.41 Å². The standard InChI is InChI=1S/C16H23NO2/c17-12-15(7-4-8-15)16(18)9-14(10-16)19-11-13-5-2-1-3-6-13/h1-3,5-6,14,18H,4,7-12,17H2. The number of rotatable bonds is 5. The van der Waals surface area contributed by atoms with Crippen molar-refractivity contribution in [2.75, 3.05) is 6.54 Å². The molecule has 0 heterocycles. The molecule has 0 aliphatic heterocycles.